The Morgan fingerprint density at radius 1 is 1.12 bits per heavy atom. The van der Waals surface area contributed by atoms with Gasteiger partial charge in [0.15, 0.2) is 5.69 Å². The molecule has 2 aromatic heterocycles. The number of nitrogens with two attached hydrogens (primary N) is 1. The number of fused-ring (bicyclic) bond motifs is 1. The van der Waals surface area contributed by atoms with Crippen molar-refractivity contribution in [2.75, 3.05) is 6.61 Å². The maximum absolute atomic E-state index is 12.9. The van der Waals surface area contributed by atoms with Crippen molar-refractivity contribution >= 4 is 22.8 Å². The zero-order chi connectivity index (χ0) is 23.2. The molecule has 1 amide bonds. The first-order valence-corrected chi connectivity index (χ1v) is 10.8. The Bertz CT molecular complexity index is 1230. The lowest BCUT2D eigenvalue weighted by Crippen LogP contribution is -2.43. The second-order valence-electron chi connectivity index (χ2n) is 7.71. The zero-order valence-electron chi connectivity index (χ0n) is 18.3. The first-order valence-electron chi connectivity index (χ1n) is 10.8. The molecule has 2 heterocycles. The highest BCUT2D eigenvalue weighted by molar-refractivity contribution is 5.95. The van der Waals surface area contributed by atoms with Crippen molar-refractivity contribution in [3.05, 3.63) is 89.8 Å². The Balaban J connectivity index is 1.47. The summed E-state index contributed by atoms with van der Waals surface area (Å²) in [5, 5.41) is 3.72. The first-order chi connectivity index (χ1) is 16.0. The fraction of sp³-hybridized carbons (Fsp3) is 0.240. The van der Waals surface area contributed by atoms with Crippen molar-refractivity contribution in [1.82, 2.24) is 15.3 Å². The number of H-pyrrole nitrogens is 1. The van der Waals surface area contributed by atoms with Gasteiger partial charge in [0.05, 0.1) is 12.6 Å². The number of benzene rings is 2. The molecule has 33 heavy (non-hydrogen) atoms. The number of carbonyl (C=O) groups is 2. The van der Waals surface area contributed by atoms with Gasteiger partial charge in [-0.15, -0.1) is 0 Å². The van der Waals surface area contributed by atoms with E-state index in [1.165, 1.54) is 6.26 Å². The van der Waals surface area contributed by atoms with E-state index in [0.29, 0.717) is 6.42 Å². The summed E-state index contributed by atoms with van der Waals surface area (Å²) < 4.78 is 10.6. The van der Waals surface area contributed by atoms with Gasteiger partial charge in [-0.1, -0.05) is 48.5 Å². The number of aromatic amines is 1. The SMILES string of the molecule is CCOC(=O)C(Cc1c[nH]c2ccccc12)NC(=O)c1coc(C(N)Cc2ccccc2)n1. The van der Waals surface area contributed by atoms with Crippen LogP contribution in [0.3, 0.4) is 0 Å². The van der Waals surface area contributed by atoms with Gasteiger partial charge in [-0.25, -0.2) is 9.78 Å². The van der Waals surface area contributed by atoms with E-state index >= 15 is 0 Å². The molecule has 8 nitrogen and oxygen atoms in total. The van der Waals surface area contributed by atoms with Crippen molar-refractivity contribution < 1.29 is 18.7 Å². The summed E-state index contributed by atoms with van der Waals surface area (Å²) in [6.07, 6.45) is 3.88. The van der Waals surface area contributed by atoms with Gasteiger partial charge in [-0.3, -0.25) is 4.79 Å². The molecule has 4 aromatic rings. The summed E-state index contributed by atoms with van der Waals surface area (Å²) >= 11 is 0. The Labute approximate surface area is 191 Å². The largest absolute Gasteiger partial charge is 0.464 e. The van der Waals surface area contributed by atoms with Crippen molar-refractivity contribution in [1.29, 1.82) is 0 Å². The van der Waals surface area contributed by atoms with Crippen LogP contribution in [0.1, 0.15) is 40.5 Å². The van der Waals surface area contributed by atoms with Gasteiger partial charge in [0, 0.05) is 23.5 Å². The Morgan fingerprint density at radius 2 is 1.88 bits per heavy atom. The maximum Gasteiger partial charge on any atom is 0.328 e. The van der Waals surface area contributed by atoms with E-state index in [2.05, 4.69) is 15.3 Å². The molecule has 0 aliphatic rings. The number of para-hydroxylation sites is 1. The summed E-state index contributed by atoms with van der Waals surface area (Å²) in [6.45, 7) is 1.93. The van der Waals surface area contributed by atoms with Crippen LogP contribution in [0.4, 0.5) is 0 Å². The van der Waals surface area contributed by atoms with Gasteiger partial charge in [0.1, 0.15) is 12.3 Å². The molecule has 8 heteroatoms. The number of rotatable bonds is 9. The van der Waals surface area contributed by atoms with Gasteiger partial charge in [0.2, 0.25) is 5.89 Å². The molecule has 0 aliphatic carbocycles. The molecule has 0 saturated heterocycles. The standard InChI is InChI=1S/C25H26N4O4/c1-2-32-25(31)21(13-17-14-27-20-11-7-6-10-18(17)20)28-23(30)22-15-33-24(29-22)19(26)12-16-8-4-3-5-9-16/h3-11,14-15,19,21,27H,2,12-13,26H2,1H3,(H,28,30). The number of carbonyl (C=O) groups excluding carboxylic acids is 2. The summed E-state index contributed by atoms with van der Waals surface area (Å²) in [7, 11) is 0. The molecule has 2 atom stereocenters. The smallest absolute Gasteiger partial charge is 0.328 e. The zero-order valence-corrected chi connectivity index (χ0v) is 18.3. The fourth-order valence-corrected chi connectivity index (χ4v) is 3.71. The average molecular weight is 447 g/mol. The normalized spacial score (nSPS) is 12.9. The molecular weight excluding hydrogens is 420 g/mol. The quantitative estimate of drug-likeness (QED) is 0.339. The second-order valence-corrected chi connectivity index (χ2v) is 7.71. The molecular formula is C25H26N4O4. The van der Waals surface area contributed by atoms with Gasteiger partial charge >= 0.3 is 5.97 Å². The molecule has 0 aliphatic heterocycles. The number of hydrogen-bond donors (Lipinski definition) is 3. The van der Waals surface area contributed by atoms with Crippen LogP contribution in [0.25, 0.3) is 10.9 Å². The number of aromatic nitrogens is 2. The van der Waals surface area contributed by atoms with E-state index < -0.39 is 24.0 Å². The predicted molar refractivity (Wildman–Crippen MR) is 123 cm³/mol. The number of oxazole rings is 1. The van der Waals surface area contributed by atoms with Crippen molar-refractivity contribution in [3.8, 4) is 0 Å². The molecule has 2 unspecified atom stereocenters. The van der Waals surface area contributed by atoms with E-state index in [0.717, 1.165) is 22.0 Å². The number of amides is 1. The van der Waals surface area contributed by atoms with E-state index in [4.69, 9.17) is 14.9 Å². The number of ether oxygens (including phenoxy) is 1. The van der Waals surface area contributed by atoms with E-state index in [-0.39, 0.29) is 24.6 Å². The highest BCUT2D eigenvalue weighted by Gasteiger charge is 2.26. The Hall–Kier alpha value is -3.91. The highest BCUT2D eigenvalue weighted by Crippen LogP contribution is 2.20. The van der Waals surface area contributed by atoms with Gasteiger partial charge in [-0.2, -0.15) is 0 Å². The van der Waals surface area contributed by atoms with E-state index in [1.807, 2.05) is 60.8 Å². The predicted octanol–water partition coefficient (Wildman–Crippen LogP) is 3.30. The van der Waals surface area contributed by atoms with Crippen molar-refractivity contribution in [2.45, 2.75) is 31.8 Å². The summed E-state index contributed by atoms with van der Waals surface area (Å²) in [5.74, 6) is -0.788. The summed E-state index contributed by atoms with van der Waals surface area (Å²) in [5.41, 5.74) is 9.15. The third-order valence-electron chi connectivity index (χ3n) is 5.35. The Kier molecular flexibility index (Phi) is 6.85. The third-order valence-corrected chi connectivity index (χ3v) is 5.35. The number of hydrogen-bond acceptors (Lipinski definition) is 6. The maximum atomic E-state index is 12.9. The molecule has 0 radical (unpaired) electrons. The highest BCUT2D eigenvalue weighted by atomic mass is 16.5. The van der Waals surface area contributed by atoms with Crippen LogP contribution in [0, 0.1) is 0 Å². The number of nitrogens with zero attached hydrogens (tertiary/aromatic N) is 1. The fourth-order valence-electron chi connectivity index (χ4n) is 3.71. The second kappa shape index (κ2) is 10.1. The minimum absolute atomic E-state index is 0.0572. The molecule has 170 valence electrons. The first kappa shape index (κ1) is 22.3. The average Bonchev–Trinajstić information content (AvgIpc) is 3.47. The number of nitrogens with one attached hydrogen (secondary N) is 2. The lowest BCUT2D eigenvalue weighted by atomic mass is 10.0. The minimum atomic E-state index is -0.880. The van der Waals surface area contributed by atoms with Crippen LogP contribution >= 0.6 is 0 Å². The molecule has 4 rings (SSSR count). The van der Waals surface area contributed by atoms with Crippen LogP contribution in [-0.4, -0.2) is 34.5 Å². The molecule has 0 saturated carbocycles. The van der Waals surface area contributed by atoms with Crippen molar-refractivity contribution in [3.63, 3.8) is 0 Å². The van der Waals surface area contributed by atoms with Crippen LogP contribution in [0.15, 0.2) is 71.5 Å². The van der Waals surface area contributed by atoms with Crippen LogP contribution in [-0.2, 0) is 22.4 Å². The summed E-state index contributed by atoms with van der Waals surface area (Å²) in [4.78, 5) is 32.9. The topological polar surface area (TPSA) is 123 Å². The Morgan fingerprint density at radius 3 is 2.67 bits per heavy atom. The van der Waals surface area contributed by atoms with Crippen LogP contribution in [0.2, 0.25) is 0 Å². The van der Waals surface area contributed by atoms with Crippen LogP contribution < -0.4 is 11.1 Å². The monoisotopic (exact) mass is 446 g/mol. The van der Waals surface area contributed by atoms with Gasteiger partial charge in [0.25, 0.3) is 5.91 Å². The molecule has 0 bridgehead atoms. The lowest BCUT2D eigenvalue weighted by molar-refractivity contribution is -0.145. The molecule has 4 N–H and O–H groups in total. The van der Waals surface area contributed by atoms with Crippen LogP contribution in [0.5, 0.6) is 0 Å². The summed E-state index contributed by atoms with van der Waals surface area (Å²) in [6, 6.07) is 16.1. The molecule has 0 spiro atoms. The number of esters is 1. The van der Waals surface area contributed by atoms with Gasteiger partial charge < -0.3 is 25.2 Å². The lowest BCUT2D eigenvalue weighted by Gasteiger charge is -2.16. The van der Waals surface area contributed by atoms with Crippen molar-refractivity contribution in [2.24, 2.45) is 5.73 Å². The minimum Gasteiger partial charge on any atom is -0.464 e. The van der Waals surface area contributed by atoms with E-state index in [1.54, 1.807) is 6.92 Å². The third kappa shape index (κ3) is 5.30. The van der Waals surface area contributed by atoms with Gasteiger partial charge in [-0.05, 0) is 30.5 Å². The molecule has 0 fully saturated rings. The molecule has 2 aromatic carbocycles. The van der Waals surface area contributed by atoms with E-state index in [9.17, 15) is 9.59 Å².